The molecule has 0 bridgehead atoms. The topological polar surface area (TPSA) is 98.7 Å². The molecule has 25 heavy (non-hydrogen) atoms. The van der Waals surface area contributed by atoms with Crippen molar-refractivity contribution in [3.8, 4) is 11.4 Å². The molecule has 2 heterocycles. The second-order valence-electron chi connectivity index (χ2n) is 5.43. The van der Waals surface area contributed by atoms with Crippen LogP contribution in [0.2, 0.25) is 0 Å². The average Bonchev–Trinajstić information content (AvgIpc) is 2.99. The van der Waals surface area contributed by atoms with Gasteiger partial charge in [0.25, 0.3) is 0 Å². The van der Waals surface area contributed by atoms with Crippen molar-refractivity contribution in [2.45, 2.75) is 18.5 Å². The minimum atomic E-state index is -0.0491. The number of rotatable bonds is 6. The lowest BCUT2D eigenvalue weighted by atomic mass is 10.2. The zero-order valence-electron chi connectivity index (χ0n) is 13.7. The summed E-state index contributed by atoms with van der Waals surface area (Å²) in [4.78, 5) is 16.0. The molecule has 7 nitrogen and oxygen atoms in total. The Morgan fingerprint density at radius 1 is 1.24 bits per heavy atom. The zero-order chi connectivity index (χ0) is 17.6. The quantitative estimate of drug-likeness (QED) is 0.521. The van der Waals surface area contributed by atoms with Crippen LogP contribution in [-0.4, -0.2) is 31.5 Å². The molecule has 0 saturated carbocycles. The van der Waals surface area contributed by atoms with Gasteiger partial charge < -0.3 is 11.2 Å². The van der Waals surface area contributed by atoms with E-state index in [-0.39, 0.29) is 5.91 Å². The van der Waals surface area contributed by atoms with Crippen molar-refractivity contribution in [2.75, 3.05) is 16.9 Å². The van der Waals surface area contributed by atoms with Crippen molar-refractivity contribution < 1.29 is 4.79 Å². The first kappa shape index (κ1) is 17.0. The molecule has 0 spiro atoms. The van der Waals surface area contributed by atoms with Gasteiger partial charge in [-0.2, -0.15) is 0 Å². The van der Waals surface area contributed by atoms with E-state index < -0.39 is 0 Å². The number of amides is 1. The van der Waals surface area contributed by atoms with Gasteiger partial charge in [-0.25, -0.2) is 4.68 Å². The van der Waals surface area contributed by atoms with E-state index in [1.165, 1.54) is 16.4 Å². The predicted molar refractivity (Wildman–Crippen MR) is 98.6 cm³/mol. The lowest BCUT2D eigenvalue weighted by molar-refractivity contribution is -0.115. The van der Waals surface area contributed by atoms with E-state index in [1.54, 1.807) is 12.4 Å². The molecule has 0 aliphatic rings. The number of pyridine rings is 1. The van der Waals surface area contributed by atoms with Gasteiger partial charge in [0.05, 0.1) is 0 Å². The number of carbonyl (C=O) groups is 1. The van der Waals surface area contributed by atoms with Crippen LogP contribution in [0.3, 0.4) is 0 Å². The van der Waals surface area contributed by atoms with Crippen LogP contribution in [0.15, 0.2) is 53.9 Å². The second-order valence-corrected chi connectivity index (χ2v) is 6.49. The van der Waals surface area contributed by atoms with Crippen molar-refractivity contribution in [1.29, 1.82) is 0 Å². The maximum atomic E-state index is 12.0. The molecule has 1 amide bonds. The SMILES string of the molecule is Cc1ccc(NC(=O)CCSc2nnc(-c3cccnc3)n2N)cc1. The van der Waals surface area contributed by atoms with Gasteiger partial charge in [-0.05, 0) is 31.2 Å². The molecule has 3 rings (SSSR count). The van der Waals surface area contributed by atoms with E-state index >= 15 is 0 Å². The summed E-state index contributed by atoms with van der Waals surface area (Å²) < 4.78 is 1.42. The molecule has 3 aromatic rings. The molecular weight excluding hydrogens is 336 g/mol. The molecule has 0 unspecified atom stereocenters. The van der Waals surface area contributed by atoms with Gasteiger partial charge >= 0.3 is 0 Å². The van der Waals surface area contributed by atoms with Gasteiger partial charge in [0.1, 0.15) is 0 Å². The number of hydrogen-bond donors (Lipinski definition) is 2. The Balaban J connectivity index is 1.53. The van der Waals surface area contributed by atoms with Crippen molar-refractivity contribution in [3.63, 3.8) is 0 Å². The number of aryl methyl sites for hydroxylation is 1. The van der Waals surface area contributed by atoms with Crippen molar-refractivity contribution in [2.24, 2.45) is 0 Å². The highest BCUT2D eigenvalue weighted by Crippen LogP contribution is 2.21. The first-order valence-corrected chi connectivity index (χ1v) is 8.72. The Morgan fingerprint density at radius 3 is 2.76 bits per heavy atom. The molecule has 0 saturated heterocycles. The fraction of sp³-hybridized carbons (Fsp3) is 0.176. The fourth-order valence-electron chi connectivity index (χ4n) is 2.16. The number of nitrogen functional groups attached to an aromatic ring is 1. The Labute approximate surface area is 149 Å². The Morgan fingerprint density at radius 2 is 2.04 bits per heavy atom. The van der Waals surface area contributed by atoms with Crippen LogP contribution < -0.4 is 11.2 Å². The molecule has 128 valence electrons. The minimum Gasteiger partial charge on any atom is -0.335 e. The molecule has 2 aromatic heterocycles. The Bertz CT molecular complexity index is 847. The molecule has 0 atom stereocenters. The van der Waals surface area contributed by atoms with Gasteiger partial charge in [-0.3, -0.25) is 9.78 Å². The van der Waals surface area contributed by atoms with Gasteiger partial charge in [0, 0.05) is 35.8 Å². The molecule has 0 aliphatic heterocycles. The number of nitrogens with two attached hydrogens (primary N) is 1. The number of carbonyl (C=O) groups excluding carboxylic acids is 1. The van der Waals surface area contributed by atoms with Crippen LogP contribution in [0.4, 0.5) is 5.69 Å². The number of nitrogens with one attached hydrogen (secondary N) is 1. The largest absolute Gasteiger partial charge is 0.335 e. The van der Waals surface area contributed by atoms with Gasteiger partial charge in [-0.1, -0.05) is 29.5 Å². The fourth-order valence-corrected chi connectivity index (χ4v) is 2.96. The number of nitrogens with zero attached hydrogens (tertiary/aromatic N) is 4. The number of thioether (sulfide) groups is 1. The van der Waals surface area contributed by atoms with Crippen molar-refractivity contribution in [1.82, 2.24) is 19.9 Å². The summed E-state index contributed by atoms with van der Waals surface area (Å²) in [7, 11) is 0. The van der Waals surface area contributed by atoms with Crippen LogP contribution in [0.5, 0.6) is 0 Å². The monoisotopic (exact) mass is 354 g/mol. The lowest BCUT2D eigenvalue weighted by Gasteiger charge is -2.06. The Hall–Kier alpha value is -2.87. The number of aromatic nitrogens is 4. The highest BCUT2D eigenvalue weighted by Gasteiger charge is 2.12. The number of anilines is 1. The molecular formula is C17H18N6OS. The highest BCUT2D eigenvalue weighted by molar-refractivity contribution is 7.99. The summed E-state index contributed by atoms with van der Waals surface area (Å²) in [5.74, 6) is 7.08. The lowest BCUT2D eigenvalue weighted by Crippen LogP contribution is -2.14. The zero-order valence-corrected chi connectivity index (χ0v) is 14.5. The third-order valence-electron chi connectivity index (χ3n) is 3.48. The van der Waals surface area contributed by atoms with Crippen molar-refractivity contribution >= 4 is 23.4 Å². The van der Waals surface area contributed by atoms with E-state index in [0.717, 1.165) is 16.8 Å². The minimum absolute atomic E-state index is 0.0491. The van der Waals surface area contributed by atoms with Crippen LogP contribution in [0.1, 0.15) is 12.0 Å². The van der Waals surface area contributed by atoms with Gasteiger partial charge in [-0.15, -0.1) is 10.2 Å². The molecule has 0 fully saturated rings. The van der Waals surface area contributed by atoms with Crippen LogP contribution in [-0.2, 0) is 4.79 Å². The van der Waals surface area contributed by atoms with Gasteiger partial charge in [0.15, 0.2) is 5.82 Å². The maximum absolute atomic E-state index is 12.0. The number of benzene rings is 1. The third kappa shape index (κ3) is 4.36. The predicted octanol–water partition coefficient (Wildman–Crippen LogP) is 2.48. The Kier molecular flexibility index (Phi) is 5.30. The first-order chi connectivity index (χ1) is 12.1. The summed E-state index contributed by atoms with van der Waals surface area (Å²) in [6, 6.07) is 11.4. The molecule has 0 aliphatic carbocycles. The number of hydrogen-bond acceptors (Lipinski definition) is 6. The maximum Gasteiger partial charge on any atom is 0.225 e. The van der Waals surface area contributed by atoms with E-state index in [1.807, 2.05) is 43.3 Å². The summed E-state index contributed by atoms with van der Waals surface area (Å²) in [6.07, 6.45) is 3.72. The first-order valence-electron chi connectivity index (χ1n) is 7.73. The van der Waals surface area contributed by atoms with E-state index in [4.69, 9.17) is 5.84 Å². The summed E-state index contributed by atoms with van der Waals surface area (Å²) >= 11 is 1.39. The summed E-state index contributed by atoms with van der Waals surface area (Å²) in [5.41, 5.74) is 2.74. The molecule has 1 aromatic carbocycles. The third-order valence-corrected chi connectivity index (χ3v) is 4.42. The molecule has 8 heteroatoms. The van der Waals surface area contributed by atoms with Crippen LogP contribution in [0, 0.1) is 6.92 Å². The van der Waals surface area contributed by atoms with E-state index in [2.05, 4.69) is 20.5 Å². The average molecular weight is 354 g/mol. The smallest absolute Gasteiger partial charge is 0.225 e. The highest BCUT2D eigenvalue weighted by atomic mass is 32.2. The second kappa shape index (κ2) is 7.80. The van der Waals surface area contributed by atoms with E-state index in [0.29, 0.717) is 23.2 Å². The van der Waals surface area contributed by atoms with Crippen molar-refractivity contribution in [3.05, 3.63) is 54.4 Å². The summed E-state index contributed by atoms with van der Waals surface area (Å²) in [5, 5.41) is 11.6. The molecule has 0 radical (unpaired) electrons. The molecule has 3 N–H and O–H groups in total. The normalized spacial score (nSPS) is 10.6. The summed E-state index contributed by atoms with van der Waals surface area (Å²) in [6.45, 7) is 2.00. The van der Waals surface area contributed by atoms with E-state index in [9.17, 15) is 4.79 Å². The van der Waals surface area contributed by atoms with Crippen LogP contribution >= 0.6 is 11.8 Å². The van der Waals surface area contributed by atoms with Crippen LogP contribution in [0.25, 0.3) is 11.4 Å². The van der Waals surface area contributed by atoms with Gasteiger partial charge in [0.2, 0.25) is 11.1 Å². The standard InChI is InChI=1S/C17H18N6OS/c1-12-4-6-14(7-5-12)20-15(24)8-10-25-17-22-21-16(23(17)18)13-3-2-9-19-11-13/h2-7,9,11H,8,10,18H2,1H3,(H,20,24).